The van der Waals surface area contributed by atoms with Crippen LogP contribution in [-0.2, 0) is 6.54 Å². The van der Waals surface area contributed by atoms with Gasteiger partial charge in [0.25, 0.3) is 5.91 Å². The van der Waals surface area contributed by atoms with Gasteiger partial charge in [0.15, 0.2) is 0 Å². The molecule has 1 heterocycles. The van der Waals surface area contributed by atoms with Gasteiger partial charge in [-0.1, -0.05) is 30.3 Å². The maximum absolute atomic E-state index is 12.7. The van der Waals surface area contributed by atoms with Gasteiger partial charge < -0.3 is 15.0 Å². The number of nitrogens with one attached hydrogen (secondary N) is 1. The molecule has 0 radical (unpaired) electrons. The fourth-order valence-electron chi connectivity index (χ4n) is 2.43. The predicted octanol–water partition coefficient (Wildman–Crippen LogP) is 2.20. The van der Waals surface area contributed by atoms with E-state index in [4.69, 9.17) is 0 Å². The summed E-state index contributed by atoms with van der Waals surface area (Å²) in [6, 6.07) is 15.1. The van der Waals surface area contributed by atoms with Gasteiger partial charge in [0.05, 0.1) is 24.0 Å². The molecule has 3 aromatic rings. The number of carbonyl (C=O) groups excluding carboxylic acids is 1. The Morgan fingerprint density at radius 2 is 2.00 bits per heavy atom. The number of H-pyrrole nitrogens is 1. The zero-order valence-corrected chi connectivity index (χ0v) is 12.1. The second-order valence-electron chi connectivity index (χ2n) is 5.07. The van der Waals surface area contributed by atoms with Crippen LogP contribution in [0.15, 0.2) is 54.9 Å². The molecule has 1 aromatic heterocycles. The Morgan fingerprint density at radius 1 is 1.18 bits per heavy atom. The normalized spacial score (nSPS) is 10.8. The Labute approximate surface area is 128 Å². The molecule has 0 atom stereocenters. The highest BCUT2D eigenvalue weighted by Gasteiger charge is 2.16. The van der Waals surface area contributed by atoms with Gasteiger partial charge in [0.1, 0.15) is 0 Å². The van der Waals surface area contributed by atoms with Crippen LogP contribution in [0.4, 0.5) is 0 Å². The highest BCUT2D eigenvalue weighted by molar-refractivity contribution is 5.97. The smallest absolute Gasteiger partial charge is 0.254 e. The molecule has 1 amide bonds. The molecule has 112 valence electrons. The number of fused-ring (bicyclic) bond motifs is 1. The van der Waals surface area contributed by atoms with E-state index in [1.165, 1.54) is 0 Å². The first-order valence-electron chi connectivity index (χ1n) is 7.15. The molecule has 0 saturated carbocycles. The SMILES string of the molecule is O=C(c1ccc2nc[nH]c2c1)N(CCO)Cc1ccccc1. The zero-order valence-electron chi connectivity index (χ0n) is 12.1. The molecule has 0 fully saturated rings. The van der Waals surface area contributed by atoms with Crippen LogP contribution in [-0.4, -0.2) is 39.0 Å². The minimum atomic E-state index is -0.102. The summed E-state index contributed by atoms with van der Waals surface area (Å²) in [6.45, 7) is 0.709. The number of aromatic nitrogens is 2. The van der Waals surface area contributed by atoms with E-state index in [-0.39, 0.29) is 12.5 Å². The van der Waals surface area contributed by atoms with E-state index in [9.17, 15) is 9.90 Å². The third-order valence-electron chi connectivity index (χ3n) is 3.54. The van der Waals surface area contributed by atoms with Crippen LogP contribution in [0.5, 0.6) is 0 Å². The lowest BCUT2D eigenvalue weighted by molar-refractivity contribution is 0.0708. The molecule has 0 unspecified atom stereocenters. The highest BCUT2D eigenvalue weighted by atomic mass is 16.3. The first-order valence-corrected chi connectivity index (χ1v) is 7.15. The summed E-state index contributed by atoms with van der Waals surface area (Å²) in [5, 5.41) is 9.24. The van der Waals surface area contributed by atoms with Crippen LogP contribution in [0, 0.1) is 0 Å². The Hall–Kier alpha value is -2.66. The lowest BCUT2D eigenvalue weighted by Gasteiger charge is -2.22. The van der Waals surface area contributed by atoms with Crippen molar-refractivity contribution in [2.75, 3.05) is 13.2 Å². The predicted molar refractivity (Wildman–Crippen MR) is 84.4 cm³/mol. The fourth-order valence-corrected chi connectivity index (χ4v) is 2.43. The number of aliphatic hydroxyl groups is 1. The van der Waals surface area contributed by atoms with Gasteiger partial charge in [-0.2, -0.15) is 0 Å². The van der Waals surface area contributed by atoms with Crippen molar-refractivity contribution in [1.29, 1.82) is 0 Å². The van der Waals surface area contributed by atoms with E-state index >= 15 is 0 Å². The first kappa shape index (κ1) is 14.3. The monoisotopic (exact) mass is 295 g/mol. The molecule has 5 heteroatoms. The molecule has 22 heavy (non-hydrogen) atoms. The number of hydrogen-bond donors (Lipinski definition) is 2. The van der Waals surface area contributed by atoms with Crippen LogP contribution < -0.4 is 0 Å². The molecule has 0 aliphatic heterocycles. The molecule has 0 bridgehead atoms. The lowest BCUT2D eigenvalue weighted by atomic mass is 10.1. The van der Waals surface area contributed by atoms with Gasteiger partial charge >= 0.3 is 0 Å². The van der Waals surface area contributed by atoms with Crippen LogP contribution in [0.1, 0.15) is 15.9 Å². The van der Waals surface area contributed by atoms with Crippen molar-refractivity contribution >= 4 is 16.9 Å². The summed E-state index contributed by atoms with van der Waals surface area (Å²) in [4.78, 5) is 21.5. The Kier molecular flexibility index (Phi) is 4.16. The summed E-state index contributed by atoms with van der Waals surface area (Å²) in [6.07, 6.45) is 1.61. The number of imidazole rings is 1. The van der Waals surface area contributed by atoms with Crippen LogP contribution in [0.25, 0.3) is 11.0 Å². The van der Waals surface area contributed by atoms with Crippen molar-refractivity contribution in [1.82, 2.24) is 14.9 Å². The minimum absolute atomic E-state index is 0.0646. The van der Waals surface area contributed by atoms with E-state index in [0.717, 1.165) is 16.6 Å². The number of carbonyl (C=O) groups is 1. The van der Waals surface area contributed by atoms with Gasteiger partial charge in [0.2, 0.25) is 0 Å². The van der Waals surface area contributed by atoms with Gasteiger partial charge in [-0.3, -0.25) is 4.79 Å². The van der Waals surface area contributed by atoms with E-state index < -0.39 is 0 Å². The van der Waals surface area contributed by atoms with Crippen molar-refractivity contribution in [2.45, 2.75) is 6.54 Å². The molecule has 0 aliphatic rings. The summed E-state index contributed by atoms with van der Waals surface area (Å²) in [5.41, 5.74) is 3.27. The molecular weight excluding hydrogens is 278 g/mol. The fraction of sp³-hybridized carbons (Fsp3) is 0.176. The second-order valence-corrected chi connectivity index (χ2v) is 5.07. The van der Waals surface area contributed by atoms with Crippen molar-refractivity contribution < 1.29 is 9.90 Å². The first-order chi connectivity index (χ1) is 10.8. The maximum atomic E-state index is 12.7. The summed E-state index contributed by atoms with van der Waals surface area (Å²) in [5.74, 6) is -0.102. The van der Waals surface area contributed by atoms with Crippen LogP contribution in [0.3, 0.4) is 0 Å². The number of benzene rings is 2. The van der Waals surface area contributed by atoms with Crippen LogP contribution in [0.2, 0.25) is 0 Å². The quantitative estimate of drug-likeness (QED) is 0.758. The summed E-state index contributed by atoms with van der Waals surface area (Å²) >= 11 is 0. The third-order valence-corrected chi connectivity index (χ3v) is 3.54. The average molecular weight is 295 g/mol. The number of amides is 1. The summed E-state index contributed by atoms with van der Waals surface area (Å²) < 4.78 is 0. The molecule has 5 nitrogen and oxygen atoms in total. The lowest BCUT2D eigenvalue weighted by Crippen LogP contribution is -2.33. The van der Waals surface area contributed by atoms with Crippen LogP contribution >= 0.6 is 0 Å². The molecule has 3 rings (SSSR count). The van der Waals surface area contributed by atoms with Crippen molar-refractivity contribution in [3.63, 3.8) is 0 Å². The topological polar surface area (TPSA) is 69.2 Å². The second kappa shape index (κ2) is 6.41. The molecule has 0 saturated heterocycles. The van der Waals surface area contributed by atoms with Crippen molar-refractivity contribution in [3.8, 4) is 0 Å². The van der Waals surface area contributed by atoms with E-state index in [1.54, 1.807) is 23.4 Å². The Bertz CT molecular complexity index is 768. The summed E-state index contributed by atoms with van der Waals surface area (Å²) in [7, 11) is 0. The molecule has 2 N–H and O–H groups in total. The number of aliphatic hydroxyl groups excluding tert-OH is 1. The van der Waals surface area contributed by atoms with Gasteiger partial charge in [-0.25, -0.2) is 4.98 Å². The number of hydrogen-bond acceptors (Lipinski definition) is 3. The molecule has 0 spiro atoms. The molecular formula is C17H17N3O2. The van der Waals surface area contributed by atoms with Gasteiger partial charge in [-0.05, 0) is 23.8 Å². The van der Waals surface area contributed by atoms with E-state index in [2.05, 4.69) is 9.97 Å². The van der Waals surface area contributed by atoms with E-state index in [0.29, 0.717) is 18.7 Å². The van der Waals surface area contributed by atoms with E-state index in [1.807, 2.05) is 36.4 Å². The zero-order chi connectivity index (χ0) is 15.4. The number of aromatic amines is 1. The minimum Gasteiger partial charge on any atom is -0.395 e. The highest BCUT2D eigenvalue weighted by Crippen LogP contribution is 2.15. The van der Waals surface area contributed by atoms with Gasteiger partial charge in [0, 0.05) is 18.7 Å². The molecule has 2 aromatic carbocycles. The average Bonchev–Trinajstić information content (AvgIpc) is 3.02. The Morgan fingerprint density at radius 3 is 2.77 bits per heavy atom. The number of rotatable bonds is 5. The molecule has 0 aliphatic carbocycles. The largest absolute Gasteiger partial charge is 0.395 e. The van der Waals surface area contributed by atoms with Crippen molar-refractivity contribution in [3.05, 3.63) is 66.0 Å². The van der Waals surface area contributed by atoms with Crippen molar-refractivity contribution in [2.24, 2.45) is 0 Å². The third kappa shape index (κ3) is 2.99. The standard InChI is InChI=1S/C17H17N3O2/c21-9-8-20(11-13-4-2-1-3-5-13)17(22)14-6-7-15-16(10-14)19-12-18-15/h1-7,10,12,21H,8-9,11H2,(H,18,19). The van der Waals surface area contributed by atoms with Gasteiger partial charge in [-0.15, -0.1) is 0 Å². The Balaban J connectivity index is 1.85. The number of nitrogens with zero attached hydrogens (tertiary/aromatic N) is 2. The maximum Gasteiger partial charge on any atom is 0.254 e.